The zero-order valence-electron chi connectivity index (χ0n) is 10.9. The molecule has 18 heavy (non-hydrogen) atoms. The summed E-state index contributed by atoms with van der Waals surface area (Å²) in [5.74, 6) is 2.60. The Balaban J connectivity index is 2.29. The van der Waals surface area contributed by atoms with Crippen LogP contribution in [0.25, 0.3) is 0 Å². The summed E-state index contributed by atoms with van der Waals surface area (Å²) in [5, 5.41) is 2.72. The van der Waals surface area contributed by atoms with Crippen LogP contribution in [0.5, 0.6) is 0 Å². The molecule has 1 amide bonds. The molecule has 0 aromatic heterocycles. The fourth-order valence-electron chi connectivity index (χ4n) is 1.42. The number of hydrogen-bond donors (Lipinski definition) is 1. The van der Waals surface area contributed by atoms with Crippen LogP contribution in [0, 0.1) is 17.8 Å². The lowest BCUT2D eigenvalue weighted by Crippen LogP contribution is -2.34. The van der Waals surface area contributed by atoms with E-state index in [1.807, 2.05) is 44.2 Å². The van der Waals surface area contributed by atoms with Crippen molar-refractivity contribution in [1.29, 1.82) is 0 Å². The molecule has 1 rings (SSSR count). The monoisotopic (exact) mass is 245 g/mol. The van der Waals surface area contributed by atoms with Crippen LogP contribution in [-0.2, 0) is 11.3 Å². The molecule has 1 aromatic rings. The molecule has 0 radical (unpaired) electrons. The lowest BCUT2D eigenvalue weighted by atomic mass is 9.90. The van der Waals surface area contributed by atoms with Crippen LogP contribution in [0.2, 0.25) is 0 Å². The van der Waals surface area contributed by atoms with Gasteiger partial charge in [0.05, 0.1) is 0 Å². The number of rotatable bonds is 5. The van der Waals surface area contributed by atoms with Gasteiger partial charge in [-0.1, -0.05) is 44.2 Å². The fourth-order valence-corrected chi connectivity index (χ4v) is 1.42. The largest absolute Gasteiger partial charge is 0.445 e. The average molecular weight is 245 g/mol. The molecule has 0 aliphatic heterocycles. The Morgan fingerprint density at radius 1 is 1.39 bits per heavy atom. The molecular weight excluding hydrogens is 226 g/mol. The van der Waals surface area contributed by atoms with E-state index in [0.29, 0.717) is 13.0 Å². The van der Waals surface area contributed by atoms with E-state index in [-0.39, 0.29) is 12.0 Å². The number of carbonyl (C=O) groups excluding carboxylic acids is 1. The number of alkyl carbamates (subject to hydrolysis) is 1. The lowest BCUT2D eigenvalue weighted by Gasteiger charge is -2.21. The maximum Gasteiger partial charge on any atom is 0.407 e. The molecule has 0 aliphatic carbocycles. The van der Waals surface area contributed by atoms with Crippen molar-refractivity contribution in [3.8, 4) is 12.3 Å². The summed E-state index contributed by atoms with van der Waals surface area (Å²) in [6, 6.07) is 9.57. The van der Waals surface area contributed by atoms with E-state index in [0.717, 1.165) is 5.56 Å². The Morgan fingerprint density at radius 2 is 2.06 bits per heavy atom. The highest BCUT2D eigenvalue weighted by Crippen LogP contribution is 2.17. The van der Waals surface area contributed by atoms with Crippen LogP contribution in [0.15, 0.2) is 30.3 Å². The average Bonchev–Trinajstić information content (AvgIpc) is 2.35. The predicted octanol–water partition coefficient (Wildman–Crippen LogP) is 2.96. The number of nitrogens with one attached hydrogen (secondary N) is 1. The maximum absolute atomic E-state index is 11.5. The molecule has 1 N–H and O–H groups in total. The van der Waals surface area contributed by atoms with Crippen molar-refractivity contribution < 1.29 is 9.53 Å². The SMILES string of the molecule is C#CCC(C)(C)CNC(=O)OCc1ccccc1. The first-order chi connectivity index (χ1) is 8.53. The van der Waals surface area contributed by atoms with Crippen LogP contribution >= 0.6 is 0 Å². The highest BCUT2D eigenvalue weighted by atomic mass is 16.5. The Bertz CT molecular complexity index is 418. The van der Waals surface area contributed by atoms with Crippen molar-refractivity contribution in [3.63, 3.8) is 0 Å². The van der Waals surface area contributed by atoms with E-state index < -0.39 is 6.09 Å². The minimum Gasteiger partial charge on any atom is -0.445 e. The van der Waals surface area contributed by atoms with Gasteiger partial charge in [0.2, 0.25) is 0 Å². The second-order valence-corrected chi connectivity index (χ2v) is 4.96. The van der Waals surface area contributed by atoms with E-state index in [2.05, 4.69) is 11.2 Å². The van der Waals surface area contributed by atoms with Crippen molar-refractivity contribution in [2.24, 2.45) is 5.41 Å². The normalized spacial score (nSPS) is 10.5. The number of ether oxygens (including phenoxy) is 1. The Labute approximate surface area is 109 Å². The molecule has 0 heterocycles. The summed E-state index contributed by atoms with van der Waals surface area (Å²) in [6.07, 6.45) is 5.47. The van der Waals surface area contributed by atoms with Crippen LogP contribution in [0.4, 0.5) is 4.79 Å². The van der Waals surface area contributed by atoms with Crippen LogP contribution in [0.3, 0.4) is 0 Å². The second-order valence-electron chi connectivity index (χ2n) is 4.96. The van der Waals surface area contributed by atoms with Crippen molar-refractivity contribution in [3.05, 3.63) is 35.9 Å². The molecule has 0 fully saturated rings. The van der Waals surface area contributed by atoms with Crippen LogP contribution in [0.1, 0.15) is 25.8 Å². The number of benzene rings is 1. The van der Waals surface area contributed by atoms with Gasteiger partial charge in [-0.2, -0.15) is 0 Å². The van der Waals surface area contributed by atoms with Crippen LogP contribution in [-0.4, -0.2) is 12.6 Å². The smallest absolute Gasteiger partial charge is 0.407 e. The molecule has 0 aliphatic rings. The first-order valence-corrected chi connectivity index (χ1v) is 5.91. The Kier molecular flexibility index (Phi) is 5.26. The van der Waals surface area contributed by atoms with Gasteiger partial charge in [-0.05, 0) is 11.0 Å². The van der Waals surface area contributed by atoms with E-state index in [9.17, 15) is 4.79 Å². The minimum atomic E-state index is -0.413. The second kappa shape index (κ2) is 6.70. The summed E-state index contributed by atoms with van der Waals surface area (Å²) in [6.45, 7) is 4.79. The van der Waals surface area contributed by atoms with Gasteiger partial charge in [-0.3, -0.25) is 0 Å². The van der Waals surface area contributed by atoms with Gasteiger partial charge in [0.25, 0.3) is 0 Å². The molecule has 0 spiro atoms. The zero-order chi connectivity index (χ0) is 13.4. The van der Waals surface area contributed by atoms with Crippen molar-refractivity contribution in [2.45, 2.75) is 26.9 Å². The van der Waals surface area contributed by atoms with E-state index >= 15 is 0 Å². The molecule has 1 aromatic carbocycles. The van der Waals surface area contributed by atoms with Crippen molar-refractivity contribution in [2.75, 3.05) is 6.54 Å². The zero-order valence-corrected chi connectivity index (χ0v) is 10.9. The van der Waals surface area contributed by atoms with E-state index in [1.54, 1.807) is 0 Å². The van der Waals surface area contributed by atoms with E-state index in [1.165, 1.54) is 0 Å². The van der Waals surface area contributed by atoms with Crippen molar-refractivity contribution in [1.82, 2.24) is 5.32 Å². The van der Waals surface area contributed by atoms with Gasteiger partial charge in [-0.15, -0.1) is 12.3 Å². The molecule has 0 atom stereocenters. The highest BCUT2D eigenvalue weighted by Gasteiger charge is 2.17. The van der Waals surface area contributed by atoms with Gasteiger partial charge in [0.1, 0.15) is 6.61 Å². The quantitative estimate of drug-likeness (QED) is 0.810. The third-order valence-corrected chi connectivity index (χ3v) is 2.50. The number of carbonyl (C=O) groups is 1. The summed E-state index contributed by atoms with van der Waals surface area (Å²) < 4.78 is 5.10. The van der Waals surface area contributed by atoms with E-state index in [4.69, 9.17) is 11.2 Å². The Hall–Kier alpha value is -1.95. The molecule has 96 valence electrons. The fraction of sp³-hybridized carbons (Fsp3) is 0.400. The standard InChI is InChI=1S/C15H19NO2/c1-4-10-15(2,3)12-16-14(17)18-11-13-8-6-5-7-9-13/h1,5-9H,10-12H2,2-3H3,(H,16,17). The first kappa shape index (κ1) is 14.1. The van der Waals surface area contributed by atoms with Gasteiger partial charge < -0.3 is 10.1 Å². The molecular formula is C15H19NO2. The van der Waals surface area contributed by atoms with Gasteiger partial charge >= 0.3 is 6.09 Å². The molecule has 3 heteroatoms. The highest BCUT2D eigenvalue weighted by molar-refractivity contribution is 5.67. The molecule has 3 nitrogen and oxygen atoms in total. The van der Waals surface area contributed by atoms with Gasteiger partial charge in [0, 0.05) is 13.0 Å². The summed E-state index contributed by atoms with van der Waals surface area (Å²) >= 11 is 0. The summed E-state index contributed by atoms with van der Waals surface area (Å²) in [7, 11) is 0. The third kappa shape index (κ3) is 5.40. The van der Waals surface area contributed by atoms with Gasteiger partial charge in [-0.25, -0.2) is 4.79 Å². The lowest BCUT2D eigenvalue weighted by molar-refractivity contribution is 0.135. The predicted molar refractivity (Wildman–Crippen MR) is 71.9 cm³/mol. The van der Waals surface area contributed by atoms with Crippen LogP contribution < -0.4 is 5.32 Å². The third-order valence-electron chi connectivity index (χ3n) is 2.50. The molecule has 0 saturated carbocycles. The van der Waals surface area contributed by atoms with Gasteiger partial charge in [0.15, 0.2) is 0 Å². The molecule has 0 saturated heterocycles. The summed E-state index contributed by atoms with van der Waals surface area (Å²) in [5.41, 5.74) is 0.857. The minimum absolute atomic E-state index is 0.111. The van der Waals surface area contributed by atoms with Crippen molar-refractivity contribution >= 4 is 6.09 Å². The summed E-state index contributed by atoms with van der Waals surface area (Å²) in [4.78, 5) is 11.5. The molecule has 0 bridgehead atoms. The maximum atomic E-state index is 11.5. The topological polar surface area (TPSA) is 38.3 Å². The number of amides is 1. The Morgan fingerprint density at radius 3 is 2.67 bits per heavy atom. The first-order valence-electron chi connectivity index (χ1n) is 5.91. The molecule has 0 unspecified atom stereocenters. The number of hydrogen-bond acceptors (Lipinski definition) is 2. The number of terminal acetylenes is 1.